The monoisotopic (exact) mass is 667 g/mol. The number of hydrogen-bond acceptors (Lipinski definition) is 7. The van der Waals surface area contributed by atoms with Crippen LogP contribution in [0.1, 0.15) is 36.8 Å². The van der Waals surface area contributed by atoms with Crippen molar-refractivity contribution >= 4 is 51.2 Å². The minimum atomic E-state index is -3.26. The molecule has 3 N–H and O–H groups in total. The fraction of sp³-hybridized carbons (Fsp3) is 0.242. The molecule has 0 radical (unpaired) electrons. The number of hydrogen-bond donors (Lipinski definition) is 3. The average molecular weight is 668 g/mol. The van der Waals surface area contributed by atoms with Crippen LogP contribution in [0.4, 0.5) is 26.2 Å². The molecule has 3 amide bonds. The largest absolute Gasteiger partial charge is 0.439 e. The summed E-state index contributed by atoms with van der Waals surface area (Å²) in [5.74, 6) is 0.369. The molecule has 242 valence electrons. The molecule has 4 aromatic rings. The molecule has 0 bridgehead atoms. The number of rotatable bonds is 9. The number of halogens is 2. The molecule has 3 aromatic carbocycles. The van der Waals surface area contributed by atoms with Crippen LogP contribution in [0.3, 0.4) is 0 Å². The highest BCUT2D eigenvalue weighted by atomic mass is 35.5. The third kappa shape index (κ3) is 9.49. The van der Waals surface area contributed by atoms with E-state index in [4.69, 9.17) is 4.74 Å². The second kappa shape index (κ2) is 15.2. The van der Waals surface area contributed by atoms with Gasteiger partial charge in [0, 0.05) is 43.4 Å². The third-order valence-electron chi connectivity index (χ3n) is 7.44. The van der Waals surface area contributed by atoms with E-state index in [0.717, 1.165) is 38.0 Å². The van der Waals surface area contributed by atoms with Crippen molar-refractivity contribution < 1.29 is 27.1 Å². The minimum Gasteiger partial charge on any atom is -0.439 e. The molecular weight excluding hydrogens is 633 g/mol. The van der Waals surface area contributed by atoms with E-state index >= 15 is 0 Å². The first kappa shape index (κ1) is 34.4. The molecule has 1 fully saturated rings. The molecule has 13 heteroatoms. The van der Waals surface area contributed by atoms with Crippen LogP contribution in [0.5, 0.6) is 11.6 Å². The summed E-state index contributed by atoms with van der Waals surface area (Å²) in [4.78, 5) is 30.8. The molecule has 0 saturated carbocycles. The van der Waals surface area contributed by atoms with Crippen LogP contribution in [0.25, 0.3) is 0 Å². The predicted octanol–water partition coefficient (Wildman–Crippen LogP) is 6.82. The number of piperidine rings is 1. The maximum absolute atomic E-state index is 13.9. The van der Waals surface area contributed by atoms with Crippen molar-refractivity contribution in [3.63, 3.8) is 0 Å². The Morgan fingerprint density at radius 1 is 0.913 bits per heavy atom. The number of benzene rings is 3. The molecular formula is C33H35ClFN5O5S. The number of amides is 3. The number of ether oxygens (including phenoxy) is 1. The fourth-order valence-electron chi connectivity index (χ4n) is 5.14. The lowest BCUT2D eigenvalue weighted by atomic mass is 9.89. The zero-order valence-electron chi connectivity index (χ0n) is 25.3. The summed E-state index contributed by atoms with van der Waals surface area (Å²) in [6.45, 7) is 3.94. The van der Waals surface area contributed by atoms with Crippen molar-refractivity contribution in [1.82, 2.24) is 9.88 Å². The van der Waals surface area contributed by atoms with E-state index in [9.17, 15) is 22.4 Å². The zero-order chi connectivity index (χ0) is 32.0. The predicted molar refractivity (Wildman–Crippen MR) is 178 cm³/mol. The first-order chi connectivity index (χ1) is 21.5. The number of sulfone groups is 1. The van der Waals surface area contributed by atoms with Gasteiger partial charge in [-0.1, -0.05) is 18.2 Å². The number of anilines is 3. The van der Waals surface area contributed by atoms with Gasteiger partial charge in [0.15, 0.2) is 9.84 Å². The van der Waals surface area contributed by atoms with Crippen LogP contribution in [0.15, 0.2) is 90.0 Å². The molecule has 1 aliphatic heterocycles. The van der Waals surface area contributed by atoms with Crippen LogP contribution in [0.2, 0.25) is 0 Å². The molecule has 5 rings (SSSR count). The van der Waals surface area contributed by atoms with Gasteiger partial charge in [0.2, 0.25) is 11.8 Å². The fourth-order valence-corrected chi connectivity index (χ4v) is 5.77. The highest BCUT2D eigenvalue weighted by Gasteiger charge is 2.21. The SMILES string of the molecule is CC(=O)Nc1cc(NC(=O)Nc2ccc(C3CCN(Cc4ccc(Oc5ccc(S(C)(=O)=O)cc5)nc4)CC3)cc2)ccc1F.Cl. The summed E-state index contributed by atoms with van der Waals surface area (Å²) >= 11 is 0. The van der Waals surface area contributed by atoms with Gasteiger partial charge in [0.05, 0.1) is 10.6 Å². The molecule has 1 aliphatic rings. The minimum absolute atomic E-state index is 0. The number of pyridine rings is 1. The lowest BCUT2D eigenvalue weighted by Crippen LogP contribution is -2.32. The van der Waals surface area contributed by atoms with Crippen molar-refractivity contribution in [1.29, 1.82) is 0 Å². The maximum atomic E-state index is 13.9. The highest BCUT2D eigenvalue weighted by Crippen LogP contribution is 2.30. The number of likely N-dealkylation sites (tertiary alicyclic amines) is 1. The Hall–Kier alpha value is -4.52. The van der Waals surface area contributed by atoms with Gasteiger partial charge in [-0.3, -0.25) is 9.69 Å². The van der Waals surface area contributed by atoms with E-state index in [2.05, 4.69) is 25.8 Å². The van der Waals surface area contributed by atoms with Gasteiger partial charge in [-0.15, -0.1) is 12.4 Å². The molecule has 2 heterocycles. The third-order valence-corrected chi connectivity index (χ3v) is 8.57. The van der Waals surface area contributed by atoms with Gasteiger partial charge in [-0.25, -0.2) is 22.6 Å². The Morgan fingerprint density at radius 2 is 1.57 bits per heavy atom. The molecule has 0 atom stereocenters. The Balaban J connectivity index is 0.00000480. The molecule has 1 saturated heterocycles. The van der Waals surface area contributed by atoms with Crippen LogP contribution in [-0.4, -0.2) is 49.6 Å². The second-order valence-corrected chi connectivity index (χ2v) is 13.0. The van der Waals surface area contributed by atoms with Crippen LogP contribution < -0.4 is 20.7 Å². The van der Waals surface area contributed by atoms with Crippen molar-refractivity contribution in [3.05, 3.63) is 102 Å². The van der Waals surface area contributed by atoms with Crippen molar-refractivity contribution in [3.8, 4) is 11.6 Å². The quantitative estimate of drug-likeness (QED) is 0.179. The molecule has 0 spiro atoms. The van der Waals surface area contributed by atoms with Crippen molar-refractivity contribution in [2.24, 2.45) is 0 Å². The van der Waals surface area contributed by atoms with Crippen molar-refractivity contribution in [2.75, 3.05) is 35.3 Å². The second-order valence-electron chi connectivity index (χ2n) is 11.0. The van der Waals surface area contributed by atoms with E-state index in [1.165, 1.54) is 49.1 Å². The number of nitrogens with zero attached hydrogens (tertiary/aromatic N) is 2. The smallest absolute Gasteiger partial charge is 0.323 e. The van der Waals surface area contributed by atoms with Crippen LogP contribution in [-0.2, 0) is 21.2 Å². The van der Waals surface area contributed by atoms with E-state index in [1.54, 1.807) is 18.3 Å². The van der Waals surface area contributed by atoms with Crippen LogP contribution in [0, 0.1) is 5.82 Å². The number of nitrogens with one attached hydrogen (secondary N) is 3. The van der Waals surface area contributed by atoms with E-state index in [0.29, 0.717) is 28.9 Å². The van der Waals surface area contributed by atoms with Gasteiger partial charge in [0.25, 0.3) is 0 Å². The number of carbonyl (C=O) groups is 2. The number of urea groups is 1. The average Bonchev–Trinajstić information content (AvgIpc) is 3.00. The molecule has 0 unspecified atom stereocenters. The normalized spacial score (nSPS) is 13.7. The Labute approximate surface area is 273 Å². The van der Waals surface area contributed by atoms with Gasteiger partial charge in [-0.05, 0) is 97.6 Å². The number of aromatic nitrogens is 1. The standard InChI is InChI=1S/C33H34FN5O5S.ClH/c1-22(40)36-31-19-27(8-13-30(31)34)38-33(41)37-26-6-4-24(5-7-26)25-15-17-39(18-16-25)21-23-3-14-32(35-20-23)44-28-9-11-29(12-10-28)45(2,42)43;/h3-14,19-20,25H,15-18,21H2,1-2H3,(H,36,40)(H2,37,38,41);1H. The summed E-state index contributed by atoms with van der Waals surface area (Å²) in [6.07, 6.45) is 4.98. The number of carbonyl (C=O) groups excluding carboxylic acids is 2. The van der Waals surface area contributed by atoms with Gasteiger partial charge in [0.1, 0.15) is 11.6 Å². The van der Waals surface area contributed by atoms with Gasteiger partial charge < -0.3 is 20.7 Å². The van der Waals surface area contributed by atoms with E-state index in [-0.39, 0.29) is 23.0 Å². The summed E-state index contributed by atoms with van der Waals surface area (Å²) in [6, 6.07) is 21.3. The summed E-state index contributed by atoms with van der Waals surface area (Å²) in [5.41, 5.74) is 3.26. The zero-order valence-corrected chi connectivity index (χ0v) is 27.0. The lowest BCUT2D eigenvalue weighted by molar-refractivity contribution is -0.114. The summed E-state index contributed by atoms with van der Waals surface area (Å²) < 4.78 is 42.9. The van der Waals surface area contributed by atoms with E-state index in [1.807, 2.05) is 36.4 Å². The Kier molecular flexibility index (Phi) is 11.3. The summed E-state index contributed by atoms with van der Waals surface area (Å²) in [7, 11) is -3.26. The summed E-state index contributed by atoms with van der Waals surface area (Å²) in [5, 5.41) is 7.82. The first-order valence-electron chi connectivity index (χ1n) is 14.4. The topological polar surface area (TPSA) is 130 Å². The van der Waals surface area contributed by atoms with Gasteiger partial charge >= 0.3 is 6.03 Å². The Bertz CT molecular complexity index is 1760. The lowest BCUT2D eigenvalue weighted by Gasteiger charge is -2.32. The van der Waals surface area contributed by atoms with Crippen LogP contribution >= 0.6 is 12.4 Å². The Morgan fingerprint density at radius 3 is 2.17 bits per heavy atom. The maximum Gasteiger partial charge on any atom is 0.323 e. The molecule has 46 heavy (non-hydrogen) atoms. The molecule has 0 aliphatic carbocycles. The van der Waals surface area contributed by atoms with Gasteiger partial charge in [-0.2, -0.15) is 0 Å². The molecule has 1 aromatic heterocycles. The first-order valence-corrected chi connectivity index (χ1v) is 16.3. The molecule has 10 nitrogen and oxygen atoms in total. The highest BCUT2D eigenvalue weighted by molar-refractivity contribution is 7.90. The van der Waals surface area contributed by atoms with E-state index < -0.39 is 27.6 Å². The van der Waals surface area contributed by atoms with Crippen molar-refractivity contribution in [2.45, 2.75) is 37.1 Å².